The summed E-state index contributed by atoms with van der Waals surface area (Å²) >= 11 is 0. The van der Waals surface area contributed by atoms with E-state index in [0.29, 0.717) is 11.8 Å². The van der Waals surface area contributed by atoms with Crippen LogP contribution in [-0.2, 0) is 12.8 Å². The second-order valence-corrected chi connectivity index (χ2v) is 7.37. The molecule has 0 radical (unpaired) electrons. The van der Waals surface area contributed by atoms with Gasteiger partial charge in [0, 0.05) is 11.8 Å². The second kappa shape index (κ2) is 6.46. The minimum Gasteiger partial charge on any atom is -0.0760 e. The number of fused-ring (bicyclic) bond motifs is 2. The van der Waals surface area contributed by atoms with Gasteiger partial charge in [-0.25, -0.2) is 0 Å². The molecule has 3 aromatic carbocycles. The van der Waals surface area contributed by atoms with Crippen LogP contribution in [0, 0.1) is 0 Å². The van der Waals surface area contributed by atoms with Crippen LogP contribution in [-0.4, -0.2) is 0 Å². The van der Waals surface area contributed by atoms with Crippen molar-refractivity contribution in [3.8, 4) is 0 Å². The van der Waals surface area contributed by atoms with E-state index >= 15 is 0 Å². The summed E-state index contributed by atoms with van der Waals surface area (Å²) in [4.78, 5) is 0. The van der Waals surface area contributed by atoms with Crippen molar-refractivity contribution in [3.63, 3.8) is 0 Å². The standard InChI is InChI=1S/C26H22/c1-2-10-22(18-24-16-14-20-8-4-6-12-26(20)24)21(9-1)17-23-15-13-19-7-3-5-11-25(19)23/h1-16,23-24H,17-18H2/t23-,24-/m1/s1. The van der Waals surface area contributed by atoms with Crippen LogP contribution in [0.5, 0.6) is 0 Å². The van der Waals surface area contributed by atoms with Crippen LogP contribution in [0.25, 0.3) is 12.2 Å². The monoisotopic (exact) mass is 334 g/mol. The minimum atomic E-state index is 0.499. The summed E-state index contributed by atoms with van der Waals surface area (Å²) in [7, 11) is 0. The fraction of sp³-hybridized carbons (Fsp3) is 0.154. The SMILES string of the molecule is C1=C[C@H](Cc2ccccc2C[C@H]2C=Cc3ccccc32)c2ccccc21. The van der Waals surface area contributed by atoms with Crippen molar-refractivity contribution >= 4 is 12.2 Å². The zero-order valence-electron chi connectivity index (χ0n) is 14.8. The Morgan fingerprint density at radius 1 is 0.500 bits per heavy atom. The zero-order valence-corrected chi connectivity index (χ0v) is 14.8. The van der Waals surface area contributed by atoms with Gasteiger partial charge in [0.15, 0.2) is 0 Å². The molecule has 0 saturated heterocycles. The lowest BCUT2D eigenvalue weighted by Gasteiger charge is -2.17. The minimum absolute atomic E-state index is 0.499. The molecule has 0 spiro atoms. The highest BCUT2D eigenvalue weighted by Crippen LogP contribution is 2.36. The third-order valence-corrected chi connectivity index (χ3v) is 5.81. The van der Waals surface area contributed by atoms with Gasteiger partial charge < -0.3 is 0 Å². The highest BCUT2D eigenvalue weighted by molar-refractivity contribution is 5.64. The fourth-order valence-corrected chi connectivity index (χ4v) is 4.43. The first-order valence-corrected chi connectivity index (χ1v) is 9.49. The Kier molecular flexibility index (Phi) is 3.83. The summed E-state index contributed by atoms with van der Waals surface area (Å²) in [6, 6.07) is 26.6. The summed E-state index contributed by atoms with van der Waals surface area (Å²) in [6.07, 6.45) is 11.5. The van der Waals surface area contributed by atoms with Gasteiger partial charge in [-0.2, -0.15) is 0 Å². The van der Waals surface area contributed by atoms with Gasteiger partial charge in [-0.3, -0.25) is 0 Å². The number of allylic oxidation sites excluding steroid dienone is 2. The van der Waals surface area contributed by atoms with Crippen molar-refractivity contribution in [1.82, 2.24) is 0 Å². The van der Waals surface area contributed by atoms with E-state index in [9.17, 15) is 0 Å². The molecule has 0 saturated carbocycles. The van der Waals surface area contributed by atoms with Crippen LogP contribution in [0.2, 0.25) is 0 Å². The van der Waals surface area contributed by atoms with Crippen molar-refractivity contribution in [3.05, 3.63) is 118 Å². The van der Waals surface area contributed by atoms with Crippen LogP contribution < -0.4 is 0 Å². The Morgan fingerprint density at radius 2 is 0.923 bits per heavy atom. The average Bonchev–Trinajstić information content (AvgIpc) is 3.28. The average molecular weight is 334 g/mol. The first-order chi connectivity index (χ1) is 12.9. The third kappa shape index (κ3) is 2.72. The van der Waals surface area contributed by atoms with Gasteiger partial charge in [0.1, 0.15) is 0 Å². The smallest absolute Gasteiger partial charge is 0.00677 e. The van der Waals surface area contributed by atoms with Gasteiger partial charge in [0.2, 0.25) is 0 Å². The third-order valence-electron chi connectivity index (χ3n) is 5.81. The molecular formula is C26H22. The van der Waals surface area contributed by atoms with Gasteiger partial charge in [0.05, 0.1) is 0 Å². The molecule has 0 aliphatic heterocycles. The van der Waals surface area contributed by atoms with Crippen LogP contribution in [0.3, 0.4) is 0 Å². The maximum absolute atomic E-state index is 2.37. The molecule has 0 aromatic heterocycles. The normalized spacial score (nSPS) is 19.5. The molecule has 0 amide bonds. The van der Waals surface area contributed by atoms with Crippen molar-refractivity contribution in [2.24, 2.45) is 0 Å². The molecular weight excluding hydrogens is 312 g/mol. The zero-order chi connectivity index (χ0) is 17.3. The molecule has 0 heterocycles. The van der Waals surface area contributed by atoms with Gasteiger partial charge in [-0.15, -0.1) is 0 Å². The van der Waals surface area contributed by atoms with Crippen LogP contribution in [0.15, 0.2) is 84.9 Å². The van der Waals surface area contributed by atoms with E-state index in [1.807, 2.05) is 0 Å². The molecule has 0 bridgehead atoms. The predicted octanol–water partition coefficient (Wildman–Crippen LogP) is 6.39. The van der Waals surface area contributed by atoms with E-state index in [2.05, 4.69) is 97.1 Å². The lowest BCUT2D eigenvalue weighted by Crippen LogP contribution is -2.05. The summed E-state index contributed by atoms with van der Waals surface area (Å²) in [5.41, 5.74) is 8.65. The van der Waals surface area contributed by atoms with Gasteiger partial charge in [-0.05, 0) is 46.2 Å². The molecule has 26 heavy (non-hydrogen) atoms. The molecule has 0 unspecified atom stereocenters. The van der Waals surface area contributed by atoms with Crippen molar-refractivity contribution < 1.29 is 0 Å². The van der Waals surface area contributed by atoms with E-state index in [4.69, 9.17) is 0 Å². The van der Waals surface area contributed by atoms with Crippen LogP contribution in [0.4, 0.5) is 0 Å². The first-order valence-electron chi connectivity index (χ1n) is 9.49. The lowest BCUT2D eigenvalue weighted by molar-refractivity contribution is 0.799. The van der Waals surface area contributed by atoms with E-state index in [1.165, 1.54) is 33.4 Å². The Labute approximate surface area is 155 Å². The molecule has 2 aliphatic rings. The number of hydrogen-bond donors (Lipinski definition) is 0. The van der Waals surface area contributed by atoms with Crippen molar-refractivity contribution in [2.45, 2.75) is 24.7 Å². The van der Waals surface area contributed by atoms with E-state index < -0.39 is 0 Å². The Morgan fingerprint density at radius 3 is 1.42 bits per heavy atom. The lowest BCUT2D eigenvalue weighted by atomic mass is 9.87. The van der Waals surface area contributed by atoms with E-state index in [0.717, 1.165) is 12.8 Å². The van der Waals surface area contributed by atoms with Crippen molar-refractivity contribution in [2.75, 3.05) is 0 Å². The quantitative estimate of drug-likeness (QED) is 0.518. The van der Waals surface area contributed by atoms with Crippen LogP contribution in [0.1, 0.15) is 45.2 Å². The second-order valence-electron chi connectivity index (χ2n) is 7.37. The van der Waals surface area contributed by atoms with Crippen molar-refractivity contribution in [1.29, 1.82) is 0 Å². The topological polar surface area (TPSA) is 0 Å². The summed E-state index contributed by atoms with van der Waals surface area (Å²) in [5.74, 6) is 0.998. The largest absolute Gasteiger partial charge is 0.0760 e. The number of hydrogen-bond acceptors (Lipinski definition) is 0. The van der Waals surface area contributed by atoms with E-state index in [-0.39, 0.29) is 0 Å². The summed E-state index contributed by atoms with van der Waals surface area (Å²) in [6.45, 7) is 0. The van der Waals surface area contributed by atoms with Gasteiger partial charge in [-0.1, -0.05) is 97.1 Å². The summed E-state index contributed by atoms with van der Waals surface area (Å²) in [5, 5.41) is 0. The first kappa shape index (κ1) is 15.4. The highest BCUT2D eigenvalue weighted by atomic mass is 14.2. The predicted molar refractivity (Wildman–Crippen MR) is 110 cm³/mol. The Hall–Kier alpha value is -2.86. The van der Waals surface area contributed by atoms with E-state index in [1.54, 1.807) is 0 Å². The number of rotatable bonds is 4. The maximum Gasteiger partial charge on any atom is 0.00677 e. The fourth-order valence-electron chi connectivity index (χ4n) is 4.43. The number of benzene rings is 3. The Balaban J connectivity index is 1.41. The van der Waals surface area contributed by atoms with Gasteiger partial charge in [0.25, 0.3) is 0 Å². The molecule has 3 aromatic rings. The molecule has 2 atom stereocenters. The molecule has 0 nitrogen and oxygen atoms in total. The highest BCUT2D eigenvalue weighted by Gasteiger charge is 2.21. The molecule has 0 heteroatoms. The molecule has 2 aliphatic carbocycles. The Bertz CT molecular complexity index is 923. The van der Waals surface area contributed by atoms with Gasteiger partial charge >= 0.3 is 0 Å². The molecule has 0 N–H and O–H groups in total. The maximum atomic E-state index is 2.37. The van der Waals surface area contributed by atoms with Crippen LogP contribution >= 0.6 is 0 Å². The molecule has 0 fully saturated rings. The molecule has 126 valence electrons. The molecule has 5 rings (SSSR count). The summed E-state index contributed by atoms with van der Waals surface area (Å²) < 4.78 is 0.